The number of fused-ring (bicyclic) bond motifs is 1. The van der Waals surface area contributed by atoms with Crippen LogP contribution in [0.5, 0.6) is 11.5 Å². The Morgan fingerprint density at radius 1 is 1.15 bits per heavy atom. The Bertz CT molecular complexity index is 819. The van der Waals surface area contributed by atoms with E-state index in [1.165, 1.54) is 0 Å². The van der Waals surface area contributed by atoms with Gasteiger partial charge in [-0.05, 0) is 42.3 Å². The number of nitrogens with zero attached hydrogens (tertiary/aromatic N) is 1. The average molecular weight is 354 g/mol. The minimum atomic E-state index is -0.150. The van der Waals surface area contributed by atoms with Gasteiger partial charge in [-0.15, -0.1) is 0 Å². The van der Waals surface area contributed by atoms with Gasteiger partial charge in [-0.2, -0.15) is 0 Å². The molecule has 0 fully saturated rings. The molecule has 2 aromatic carbocycles. The Balaban J connectivity index is 1.52. The van der Waals surface area contributed by atoms with Crippen LogP contribution in [0.1, 0.15) is 22.8 Å². The fraction of sp³-hybridized carbons (Fsp3) is 0.300. The molecule has 0 aliphatic carbocycles. The smallest absolute Gasteiger partial charge is 0.251 e. The Morgan fingerprint density at radius 3 is 2.73 bits per heavy atom. The lowest BCUT2D eigenvalue weighted by Gasteiger charge is -2.14. The number of anilines is 1. The molecule has 1 heterocycles. The lowest BCUT2D eigenvalue weighted by molar-refractivity contribution is -0.116. The van der Waals surface area contributed by atoms with E-state index in [9.17, 15) is 9.59 Å². The second kappa shape index (κ2) is 7.91. The van der Waals surface area contributed by atoms with Gasteiger partial charge in [0.1, 0.15) is 18.1 Å². The van der Waals surface area contributed by atoms with Gasteiger partial charge in [-0.25, -0.2) is 0 Å². The summed E-state index contributed by atoms with van der Waals surface area (Å²) in [7, 11) is 1.60. The van der Waals surface area contributed by atoms with Crippen molar-refractivity contribution in [2.75, 3.05) is 31.7 Å². The van der Waals surface area contributed by atoms with E-state index in [0.29, 0.717) is 31.0 Å². The normalized spacial score (nSPS) is 12.5. The Hall–Kier alpha value is -3.02. The third-order valence-corrected chi connectivity index (χ3v) is 4.31. The molecule has 0 atom stereocenters. The number of carbonyl (C=O) groups excluding carboxylic acids is 2. The summed E-state index contributed by atoms with van der Waals surface area (Å²) in [4.78, 5) is 25.6. The second-order valence-corrected chi connectivity index (χ2v) is 6.05. The Labute approximate surface area is 152 Å². The molecule has 6 heteroatoms. The van der Waals surface area contributed by atoms with Crippen LogP contribution in [0.4, 0.5) is 5.69 Å². The molecule has 0 unspecified atom stereocenters. The zero-order valence-electron chi connectivity index (χ0n) is 15.0. The van der Waals surface area contributed by atoms with Crippen molar-refractivity contribution in [3.8, 4) is 11.5 Å². The monoisotopic (exact) mass is 354 g/mol. The summed E-state index contributed by atoms with van der Waals surface area (Å²) >= 11 is 0. The highest BCUT2D eigenvalue weighted by atomic mass is 16.5. The number of rotatable bonds is 6. The largest absolute Gasteiger partial charge is 0.497 e. The van der Waals surface area contributed by atoms with Crippen LogP contribution in [-0.2, 0) is 11.2 Å². The van der Waals surface area contributed by atoms with E-state index in [-0.39, 0.29) is 11.8 Å². The first-order valence-corrected chi connectivity index (χ1v) is 8.54. The zero-order chi connectivity index (χ0) is 18.5. The number of methoxy groups -OCH3 is 1. The first kappa shape index (κ1) is 17.8. The number of ether oxygens (including phenoxy) is 2. The molecule has 1 aliphatic heterocycles. The van der Waals surface area contributed by atoms with Crippen molar-refractivity contribution in [2.45, 2.75) is 13.3 Å². The highest BCUT2D eigenvalue weighted by molar-refractivity contribution is 5.97. The third-order valence-electron chi connectivity index (χ3n) is 4.31. The van der Waals surface area contributed by atoms with Gasteiger partial charge in [0.15, 0.2) is 0 Å². The van der Waals surface area contributed by atoms with Gasteiger partial charge in [0.05, 0.1) is 13.7 Å². The number of hydrogen-bond donors (Lipinski definition) is 1. The van der Waals surface area contributed by atoms with Gasteiger partial charge in [0, 0.05) is 30.8 Å². The molecule has 136 valence electrons. The van der Waals surface area contributed by atoms with E-state index >= 15 is 0 Å². The lowest BCUT2D eigenvalue weighted by Crippen LogP contribution is -2.28. The van der Waals surface area contributed by atoms with E-state index in [1.807, 2.05) is 30.3 Å². The summed E-state index contributed by atoms with van der Waals surface area (Å²) in [5, 5.41) is 2.85. The summed E-state index contributed by atoms with van der Waals surface area (Å²) in [5.41, 5.74) is 2.52. The number of nitrogens with one attached hydrogen (secondary N) is 1. The second-order valence-electron chi connectivity index (χ2n) is 6.05. The molecule has 1 N–H and O–H groups in total. The highest BCUT2D eigenvalue weighted by Gasteiger charge is 2.23. The topological polar surface area (TPSA) is 67.9 Å². The summed E-state index contributed by atoms with van der Waals surface area (Å²) in [6, 6.07) is 12.8. The minimum Gasteiger partial charge on any atom is -0.497 e. The van der Waals surface area contributed by atoms with Crippen molar-refractivity contribution in [1.82, 2.24) is 5.32 Å². The van der Waals surface area contributed by atoms with Gasteiger partial charge in [-0.3, -0.25) is 9.59 Å². The minimum absolute atomic E-state index is 0.0237. The van der Waals surface area contributed by atoms with Crippen LogP contribution in [0.2, 0.25) is 0 Å². The van der Waals surface area contributed by atoms with Crippen molar-refractivity contribution in [1.29, 1.82) is 0 Å². The molecule has 2 aromatic rings. The van der Waals surface area contributed by atoms with E-state index in [0.717, 1.165) is 23.4 Å². The molecule has 0 spiro atoms. The number of hydrogen-bond acceptors (Lipinski definition) is 4. The van der Waals surface area contributed by atoms with Crippen LogP contribution >= 0.6 is 0 Å². The molecule has 0 saturated carbocycles. The lowest BCUT2D eigenvalue weighted by atomic mass is 10.1. The first-order valence-electron chi connectivity index (χ1n) is 8.54. The molecule has 3 rings (SSSR count). The maximum absolute atomic E-state index is 12.3. The Kier molecular flexibility index (Phi) is 5.41. The van der Waals surface area contributed by atoms with Gasteiger partial charge >= 0.3 is 0 Å². The molecule has 0 bridgehead atoms. The van der Waals surface area contributed by atoms with Crippen molar-refractivity contribution >= 4 is 17.5 Å². The zero-order valence-corrected chi connectivity index (χ0v) is 15.0. The van der Waals surface area contributed by atoms with E-state index < -0.39 is 0 Å². The van der Waals surface area contributed by atoms with Gasteiger partial charge < -0.3 is 19.7 Å². The SMILES string of the molecule is COc1cccc(OCCNC(=O)c2ccc3c(c2)CCN3C(C)=O)c1. The number of amides is 2. The van der Waals surface area contributed by atoms with E-state index in [2.05, 4.69) is 5.32 Å². The molecule has 1 aliphatic rings. The maximum Gasteiger partial charge on any atom is 0.251 e. The van der Waals surface area contributed by atoms with Gasteiger partial charge in [-0.1, -0.05) is 6.07 Å². The van der Waals surface area contributed by atoms with Crippen LogP contribution in [0.15, 0.2) is 42.5 Å². The maximum atomic E-state index is 12.3. The highest BCUT2D eigenvalue weighted by Crippen LogP contribution is 2.28. The predicted octanol–water partition coefficient (Wildman–Crippen LogP) is 2.41. The Morgan fingerprint density at radius 2 is 1.96 bits per heavy atom. The number of benzene rings is 2. The van der Waals surface area contributed by atoms with Crippen LogP contribution < -0.4 is 19.7 Å². The van der Waals surface area contributed by atoms with Crippen LogP contribution in [-0.4, -0.2) is 38.6 Å². The van der Waals surface area contributed by atoms with Crippen molar-refractivity contribution in [3.05, 3.63) is 53.6 Å². The average Bonchev–Trinajstić information content (AvgIpc) is 3.08. The van der Waals surface area contributed by atoms with E-state index in [1.54, 1.807) is 31.1 Å². The summed E-state index contributed by atoms with van der Waals surface area (Å²) in [6.45, 7) is 2.98. The molecular formula is C20H22N2O4. The molecule has 2 amide bonds. The fourth-order valence-corrected chi connectivity index (χ4v) is 3.00. The summed E-state index contributed by atoms with van der Waals surface area (Å²) in [6.07, 6.45) is 0.773. The standard InChI is InChI=1S/C20H22N2O4/c1-14(23)22-10-8-15-12-16(6-7-19(15)22)20(24)21-9-11-26-18-5-3-4-17(13-18)25-2/h3-7,12-13H,8-11H2,1-2H3,(H,21,24). The third kappa shape index (κ3) is 3.96. The fourth-order valence-electron chi connectivity index (χ4n) is 3.00. The van der Waals surface area contributed by atoms with Gasteiger partial charge in [0.25, 0.3) is 5.91 Å². The first-order chi connectivity index (χ1) is 12.6. The molecule has 0 aromatic heterocycles. The van der Waals surface area contributed by atoms with E-state index in [4.69, 9.17) is 9.47 Å². The molecule has 0 saturated heterocycles. The molecular weight excluding hydrogens is 332 g/mol. The van der Waals surface area contributed by atoms with Crippen molar-refractivity contribution in [3.63, 3.8) is 0 Å². The molecule has 0 radical (unpaired) electrons. The van der Waals surface area contributed by atoms with Crippen LogP contribution in [0.25, 0.3) is 0 Å². The van der Waals surface area contributed by atoms with Crippen LogP contribution in [0.3, 0.4) is 0 Å². The molecule has 26 heavy (non-hydrogen) atoms. The van der Waals surface area contributed by atoms with Crippen molar-refractivity contribution < 1.29 is 19.1 Å². The summed E-state index contributed by atoms with van der Waals surface area (Å²) in [5.74, 6) is 1.30. The summed E-state index contributed by atoms with van der Waals surface area (Å²) < 4.78 is 10.8. The van der Waals surface area contributed by atoms with Crippen LogP contribution in [0, 0.1) is 0 Å². The van der Waals surface area contributed by atoms with Gasteiger partial charge in [0.2, 0.25) is 5.91 Å². The number of carbonyl (C=O) groups is 2. The quantitative estimate of drug-likeness (QED) is 0.809. The molecule has 6 nitrogen and oxygen atoms in total. The predicted molar refractivity (Wildman–Crippen MR) is 99.0 cm³/mol. The van der Waals surface area contributed by atoms with Crippen molar-refractivity contribution in [2.24, 2.45) is 0 Å².